The molecular weight excluding hydrogens is 358 g/mol. The predicted octanol–water partition coefficient (Wildman–Crippen LogP) is 2.34. The van der Waals surface area contributed by atoms with E-state index >= 15 is 0 Å². The van der Waals surface area contributed by atoms with Crippen LogP contribution in [0.4, 0.5) is 0 Å². The van der Waals surface area contributed by atoms with E-state index < -0.39 is 5.97 Å². The number of carbonyl (C=O) groups excluding carboxylic acids is 2. The molecule has 28 heavy (non-hydrogen) atoms. The standard InChI is InChI=1S/C21H25N3O4/c1-15-19(16(2)24(23-15)17-7-4-3-5-8-17)10-11-21(26)28-14-20(25)22-13-18-9-6-12-27-18/h3-5,7-8,10-11,18H,6,9,12-14H2,1-2H3,(H,22,25)/b11-10+. The maximum atomic E-state index is 11.9. The summed E-state index contributed by atoms with van der Waals surface area (Å²) in [5, 5.41) is 7.25. The molecule has 2 aromatic rings. The molecule has 2 heterocycles. The monoisotopic (exact) mass is 383 g/mol. The molecule has 0 aliphatic carbocycles. The molecule has 1 fully saturated rings. The molecule has 1 N–H and O–H groups in total. The Morgan fingerprint density at radius 1 is 1.32 bits per heavy atom. The van der Waals surface area contributed by atoms with Crippen LogP contribution in [0.15, 0.2) is 36.4 Å². The molecule has 1 aliphatic heterocycles. The largest absolute Gasteiger partial charge is 0.452 e. The van der Waals surface area contributed by atoms with Crippen LogP contribution in [0.1, 0.15) is 29.8 Å². The molecule has 1 aromatic heterocycles. The van der Waals surface area contributed by atoms with Crippen molar-refractivity contribution in [2.45, 2.75) is 32.8 Å². The van der Waals surface area contributed by atoms with Crippen LogP contribution in [0.5, 0.6) is 0 Å². The van der Waals surface area contributed by atoms with Gasteiger partial charge in [-0.2, -0.15) is 5.10 Å². The van der Waals surface area contributed by atoms with Gasteiger partial charge >= 0.3 is 5.97 Å². The van der Waals surface area contributed by atoms with Crippen LogP contribution in [0.3, 0.4) is 0 Å². The maximum Gasteiger partial charge on any atom is 0.331 e. The van der Waals surface area contributed by atoms with Gasteiger partial charge in [0.2, 0.25) is 0 Å². The molecular formula is C21H25N3O4. The zero-order valence-electron chi connectivity index (χ0n) is 16.2. The second kappa shape index (κ2) is 9.32. The van der Waals surface area contributed by atoms with Gasteiger partial charge in [0.15, 0.2) is 6.61 Å². The van der Waals surface area contributed by atoms with Gasteiger partial charge in [-0.15, -0.1) is 0 Å². The topological polar surface area (TPSA) is 82.5 Å². The van der Waals surface area contributed by atoms with Gasteiger partial charge in [-0.05, 0) is 44.9 Å². The molecule has 0 spiro atoms. The lowest BCUT2D eigenvalue weighted by Gasteiger charge is -2.10. The zero-order chi connectivity index (χ0) is 19.9. The fraction of sp³-hybridized carbons (Fsp3) is 0.381. The third-order valence-corrected chi connectivity index (χ3v) is 4.63. The van der Waals surface area contributed by atoms with Gasteiger partial charge in [0, 0.05) is 30.5 Å². The smallest absolute Gasteiger partial charge is 0.331 e. The molecule has 7 heteroatoms. The number of nitrogens with zero attached hydrogens (tertiary/aromatic N) is 2. The van der Waals surface area contributed by atoms with E-state index in [1.807, 2.05) is 48.9 Å². The third kappa shape index (κ3) is 5.07. The fourth-order valence-corrected chi connectivity index (χ4v) is 3.14. The molecule has 0 saturated carbocycles. The fourth-order valence-electron chi connectivity index (χ4n) is 3.14. The maximum absolute atomic E-state index is 11.9. The second-order valence-corrected chi connectivity index (χ2v) is 6.71. The molecule has 1 saturated heterocycles. The van der Waals surface area contributed by atoms with Crippen molar-refractivity contribution in [3.05, 3.63) is 53.4 Å². The summed E-state index contributed by atoms with van der Waals surface area (Å²) in [5.74, 6) is -0.903. The number of para-hydroxylation sites is 1. The lowest BCUT2D eigenvalue weighted by molar-refractivity contribution is -0.143. The lowest BCUT2D eigenvalue weighted by Crippen LogP contribution is -2.34. The number of hydrogen-bond acceptors (Lipinski definition) is 5. The number of nitrogens with one attached hydrogen (secondary N) is 1. The van der Waals surface area contributed by atoms with E-state index in [1.165, 1.54) is 6.08 Å². The van der Waals surface area contributed by atoms with Gasteiger partial charge in [-0.3, -0.25) is 4.79 Å². The predicted molar refractivity (Wildman–Crippen MR) is 105 cm³/mol. The molecule has 1 aromatic carbocycles. The zero-order valence-corrected chi connectivity index (χ0v) is 16.2. The van der Waals surface area contributed by atoms with Crippen LogP contribution < -0.4 is 5.32 Å². The summed E-state index contributed by atoms with van der Waals surface area (Å²) < 4.78 is 12.3. The number of rotatable bonds is 7. The normalized spacial score (nSPS) is 16.4. The van der Waals surface area contributed by atoms with Crippen molar-refractivity contribution in [1.29, 1.82) is 0 Å². The van der Waals surface area contributed by atoms with Gasteiger partial charge in [0.1, 0.15) is 0 Å². The first-order valence-corrected chi connectivity index (χ1v) is 9.39. The Balaban J connectivity index is 1.52. The van der Waals surface area contributed by atoms with E-state index in [9.17, 15) is 9.59 Å². The number of aromatic nitrogens is 2. The first kappa shape index (κ1) is 19.8. The van der Waals surface area contributed by atoms with Crippen molar-refractivity contribution >= 4 is 18.0 Å². The Bertz CT molecular complexity index is 852. The minimum Gasteiger partial charge on any atom is -0.452 e. The highest BCUT2D eigenvalue weighted by Gasteiger charge is 2.16. The molecule has 1 aliphatic rings. The highest BCUT2D eigenvalue weighted by Crippen LogP contribution is 2.19. The summed E-state index contributed by atoms with van der Waals surface area (Å²) in [6, 6.07) is 9.78. The summed E-state index contributed by atoms with van der Waals surface area (Å²) in [6.07, 6.45) is 5.01. The minimum absolute atomic E-state index is 0.0617. The molecule has 7 nitrogen and oxygen atoms in total. The van der Waals surface area contributed by atoms with E-state index in [-0.39, 0.29) is 18.6 Å². The number of benzene rings is 1. The van der Waals surface area contributed by atoms with E-state index in [0.29, 0.717) is 6.54 Å². The number of carbonyl (C=O) groups is 2. The molecule has 0 bridgehead atoms. The van der Waals surface area contributed by atoms with Gasteiger partial charge in [0.05, 0.1) is 17.5 Å². The lowest BCUT2D eigenvalue weighted by atomic mass is 10.2. The van der Waals surface area contributed by atoms with Crippen LogP contribution in [-0.4, -0.2) is 47.5 Å². The van der Waals surface area contributed by atoms with E-state index in [2.05, 4.69) is 10.4 Å². The summed E-state index contributed by atoms with van der Waals surface area (Å²) in [7, 11) is 0. The van der Waals surface area contributed by atoms with Crippen LogP contribution in [0, 0.1) is 13.8 Å². The van der Waals surface area contributed by atoms with Crippen LogP contribution in [0.2, 0.25) is 0 Å². The van der Waals surface area contributed by atoms with Crippen LogP contribution >= 0.6 is 0 Å². The van der Waals surface area contributed by atoms with Crippen molar-refractivity contribution in [3.63, 3.8) is 0 Å². The number of hydrogen-bond donors (Lipinski definition) is 1. The first-order chi connectivity index (χ1) is 13.5. The average molecular weight is 383 g/mol. The SMILES string of the molecule is Cc1nn(-c2ccccc2)c(C)c1/C=C/C(=O)OCC(=O)NCC1CCCO1. The molecule has 0 radical (unpaired) electrons. The quantitative estimate of drug-likeness (QED) is 0.586. The number of esters is 1. The van der Waals surface area contributed by atoms with Gasteiger partial charge in [-0.25, -0.2) is 9.48 Å². The van der Waals surface area contributed by atoms with Gasteiger partial charge in [0.25, 0.3) is 5.91 Å². The summed E-state index contributed by atoms with van der Waals surface area (Å²) >= 11 is 0. The Morgan fingerprint density at radius 3 is 2.82 bits per heavy atom. The third-order valence-electron chi connectivity index (χ3n) is 4.63. The second-order valence-electron chi connectivity index (χ2n) is 6.71. The van der Waals surface area contributed by atoms with Crippen LogP contribution in [-0.2, 0) is 19.1 Å². The van der Waals surface area contributed by atoms with Crippen molar-refractivity contribution in [2.75, 3.05) is 19.8 Å². The molecule has 1 unspecified atom stereocenters. The Kier molecular flexibility index (Phi) is 6.60. The van der Waals surface area contributed by atoms with E-state index in [0.717, 1.165) is 42.1 Å². The van der Waals surface area contributed by atoms with Crippen molar-refractivity contribution in [1.82, 2.24) is 15.1 Å². The van der Waals surface area contributed by atoms with Crippen molar-refractivity contribution in [3.8, 4) is 5.69 Å². The van der Waals surface area contributed by atoms with Gasteiger partial charge in [-0.1, -0.05) is 18.2 Å². The molecule has 148 valence electrons. The van der Waals surface area contributed by atoms with E-state index in [1.54, 1.807) is 6.08 Å². The molecule has 1 atom stereocenters. The first-order valence-electron chi connectivity index (χ1n) is 9.39. The molecule has 1 amide bonds. The summed E-state index contributed by atoms with van der Waals surface area (Å²) in [5.41, 5.74) is 3.53. The number of ether oxygens (including phenoxy) is 2. The Labute approximate surface area is 164 Å². The average Bonchev–Trinajstić information content (AvgIpc) is 3.32. The van der Waals surface area contributed by atoms with Crippen molar-refractivity contribution < 1.29 is 19.1 Å². The number of amides is 1. The minimum atomic E-state index is -0.571. The van der Waals surface area contributed by atoms with Crippen molar-refractivity contribution in [2.24, 2.45) is 0 Å². The highest BCUT2D eigenvalue weighted by atomic mass is 16.5. The van der Waals surface area contributed by atoms with Crippen LogP contribution in [0.25, 0.3) is 11.8 Å². The Morgan fingerprint density at radius 2 is 2.11 bits per heavy atom. The highest BCUT2D eigenvalue weighted by molar-refractivity contribution is 5.89. The summed E-state index contributed by atoms with van der Waals surface area (Å²) in [4.78, 5) is 23.7. The summed E-state index contributed by atoms with van der Waals surface area (Å²) in [6.45, 7) is 4.70. The number of aryl methyl sites for hydroxylation is 1. The molecule has 3 rings (SSSR count). The Hall–Kier alpha value is -2.93. The van der Waals surface area contributed by atoms with Gasteiger partial charge < -0.3 is 14.8 Å². The van der Waals surface area contributed by atoms with E-state index in [4.69, 9.17) is 9.47 Å².